The van der Waals surface area contributed by atoms with Gasteiger partial charge in [-0.2, -0.15) is 8.42 Å². The molecule has 2 heterocycles. The lowest BCUT2D eigenvalue weighted by molar-refractivity contribution is 0.226. The van der Waals surface area contributed by atoms with Crippen LogP contribution in [-0.4, -0.2) is 47.3 Å². The van der Waals surface area contributed by atoms with Crippen LogP contribution in [0, 0.1) is 5.41 Å². The van der Waals surface area contributed by atoms with Gasteiger partial charge in [0.2, 0.25) is 0 Å². The molecule has 3 N–H and O–H groups in total. The molecule has 142 valence electrons. The van der Waals surface area contributed by atoms with Crippen LogP contribution in [0.3, 0.4) is 0 Å². The Bertz CT molecular complexity index is 910. The largest absolute Gasteiger partial charge is 0.493 e. The fraction of sp³-hybridized carbons (Fsp3) is 0.471. The second-order valence-electron chi connectivity index (χ2n) is 6.91. The number of nitrogens with zero attached hydrogens (tertiary/aromatic N) is 2. The third-order valence-corrected chi connectivity index (χ3v) is 5.35. The average Bonchev–Trinajstić information content (AvgIpc) is 2.56. The highest BCUT2D eigenvalue weighted by Crippen LogP contribution is 2.41. The van der Waals surface area contributed by atoms with Gasteiger partial charge in [0.1, 0.15) is 0 Å². The van der Waals surface area contributed by atoms with Crippen LogP contribution >= 0.6 is 0 Å². The van der Waals surface area contributed by atoms with Crippen LogP contribution in [0.5, 0.6) is 11.5 Å². The topological polar surface area (TPSA) is 107 Å². The van der Waals surface area contributed by atoms with Gasteiger partial charge in [-0.1, -0.05) is 6.92 Å². The van der Waals surface area contributed by atoms with E-state index in [1.807, 2.05) is 18.2 Å². The van der Waals surface area contributed by atoms with E-state index in [1.54, 1.807) is 20.4 Å². The Balaban J connectivity index is 1.78. The summed E-state index contributed by atoms with van der Waals surface area (Å²) in [6.45, 7) is 4.13. The van der Waals surface area contributed by atoms with E-state index in [0.717, 1.165) is 36.1 Å². The Morgan fingerprint density at radius 1 is 1.27 bits per heavy atom. The van der Waals surface area contributed by atoms with Gasteiger partial charge in [0.15, 0.2) is 11.5 Å². The molecule has 0 spiro atoms. The van der Waals surface area contributed by atoms with E-state index in [9.17, 15) is 8.42 Å². The smallest absolute Gasteiger partial charge is 0.274 e. The minimum absolute atomic E-state index is 0.0316. The van der Waals surface area contributed by atoms with Gasteiger partial charge in [-0.25, -0.2) is 9.86 Å². The van der Waals surface area contributed by atoms with E-state index in [4.69, 9.17) is 14.6 Å². The average molecular weight is 380 g/mol. The highest BCUT2D eigenvalue weighted by Gasteiger charge is 2.39. The predicted molar refractivity (Wildman–Crippen MR) is 101 cm³/mol. The molecular weight excluding hydrogens is 356 g/mol. The first kappa shape index (κ1) is 18.7. The fourth-order valence-corrected chi connectivity index (χ4v) is 3.82. The van der Waals surface area contributed by atoms with Crippen molar-refractivity contribution < 1.29 is 17.9 Å². The third-order valence-electron chi connectivity index (χ3n) is 4.74. The van der Waals surface area contributed by atoms with E-state index >= 15 is 0 Å². The monoisotopic (exact) mass is 380 g/mol. The van der Waals surface area contributed by atoms with Crippen LogP contribution in [0.2, 0.25) is 0 Å². The van der Waals surface area contributed by atoms with E-state index in [2.05, 4.69) is 21.5 Å². The van der Waals surface area contributed by atoms with E-state index in [-0.39, 0.29) is 5.41 Å². The lowest BCUT2D eigenvalue weighted by Gasteiger charge is -2.50. The lowest BCUT2D eigenvalue weighted by atomic mass is 9.78. The number of hydrogen-bond acceptors (Lipinski definition) is 6. The first-order valence-electron chi connectivity index (χ1n) is 8.28. The Morgan fingerprint density at radius 3 is 2.54 bits per heavy atom. The molecule has 0 saturated carbocycles. The number of ether oxygens (including phenoxy) is 2. The van der Waals surface area contributed by atoms with E-state index < -0.39 is 10.2 Å². The summed E-state index contributed by atoms with van der Waals surface area (Å²) in [5.74, 6) is 1.31. The summed E-state index contributed by atoms with van der Waals surface area (Å²) in [7, 11) is -0.426. The van der Waals surface area contributed by atoms with Crippen molar-refractivity contribution in [2.24, 2.45) is 10.6 Å². The number of pyridine rings is 1. The first-order valence-corrected chi connectivity index (χ1v) is 9.82. The van der Waals surface area contributed by atoms with Crippen molar-refractivity contribution in [2.75, 3.05) is 38.8 Å². The number of rotatable bonds is 7. The molecule has 0 unspecified atom stereocenters. The first-order chi connectivity index (χ1) is 12.2. The molecule has 0 bridgehead atoms. The quantitative estimate of drug-likeness (QED) is 0.749. The van der Waals surface area contributed by atoms with Gasteiger partial charge in [-0.3, -0.25) is 4.98 Å². The van der Waals surface area contributed by atoms with Gasteiger partial charge in [0.25, 0.3) is 10.2 Å². The zero-order valence-electron chi connectivity index (χ0n) is 15.2. The molecule has 0 amide bonds. The van der Waals surface area contributed by atoms with E-state index in [1.165, 1.54) is 0 Å². The molecule has 0 aliphatic carbocycles. The number of anilines is 1. The normalized spacial score (nSPS) is 16.4. The Kier molecular flexibility index (Phi) is 4.96. The zero-order valence-corrected chi connectivity index (χ0v) is 16.0. The maximum atomic E-state index is 11.0. The van der Waals surface area contributed by atoms with Crippen molar-refractivity contribution in [3.05, 3.63) is 24.4 Å². The molecule has 3 rings (SSSR count). The maximum absolute atomic E-state index is 11.0. The van der Waals surface area contributed by atoms with Crippen molar-refractivity contribution >= 4 is 26.8 Å². The van der Waals surface area contributed by atoms with Crippen LogP contribution in [0.4, 0.5) is 5.69 Å². The van der Waals surface area contributed by atoms with Crippen molar-refractivity contribution in [1.29, 1.82) is 0 Å². The predicted octanol–water partition coefficient (Wildman–Crippen LogP) is 1.26. The molecule has 1 fully saturated rings. The van der Waals surface area contributed by atoms with Crippen LogP contribution < -0.4 is 24.2 Å². The molecule has 0 atom stereocenters. The fourth-order valence-electron chi connectivity index (χ4n) is 3.43. The molecule has 9 heteroatoms. The minimum Gasteiger partial charge on any atom is -0.493 e. The maximum Gasteiger partial charge on any atom is 0.274 e. The lowest BCUT2D eigenvalue weighted by Crippen LogP contribution is -2.56. The van der Waals surface area contributed by atoms with Gasteiger partial charge in [-0.05, 0) is 18.6 Å². The highest BCUT2D eigenvalue weighted by atomic mass is 32.2. The van der Waals surface area contributed by atoms with E-state index in [0.29, 0.717) is 18.0 Å². The summed E-state index contributed by atoms with van der Waals surface area (Å²) in [4.78, 5) is 6.68. The molecule has 8 nitrogen and oxygen atoms in total. The van der Waals surface area contributed by atoms with Crippen LogP contribution in [0.25, 0.3) is 10.9 Å². The van der Waals surface area contributed by atoms with Gasteiger partial charge >= 0.3 is 0 Å². The minimum atomic E-state index is -3.64. The number of aromatic nitrogens is 1. The summed E-state index contributed by atoms with van der Waals surface area (Å²) in [6, 6.07) is 5.79. The van der Waals surface area contributed by atoms with Gasteiger partial charge in [-0.15, -0.1) is 0 Å². The summed E-state index contributed by atoms with van der Waals surface area (Å²) < 4.78 is 35.1. The molecule has 1 aromatic carbocycles. The standard InChI is InChI=1S/C17H24N4O4S/c1-17(5-7-20-26(18,22)23)10-21(11-17)14-4-6-19-13-9-16(25-3)15(24-2)8-12(13)14/h4,6,8-9,20H,5,7,10-11H2,1-3H3,(H2,18,22,23). The molecule has 26 heavy (non-hydrogen) atoms. The second-order valence-corrected chi connectivity index (χ2v) is 8.29. The molecular formula is C17H24N4O4S. The summed E-state index contributed by atoms with van der Waals surface area (Å²) in [5.41, 5.74) is 1.95. The Hall–Kier alpha value is -2.10. The summed E-state index contributed by atoms with van der Waals surface area (Å²) >= 11 is 0. The number of nitrogens with one attached hydrogen (secondary N) is 1. The number of benzene rings is 1. The number of nitrogens with two attached hydrogens (primary N) is 1. The molecule has 1 saturated heterocycles. The highest BCUT2D eigenvalue weighted by molar-refractivity contribution is 7.87. The Labute approximate surface area is 153 Å². The SMILES string of the molecule is COc1cc2nccc(N3CC(C)(CCNS(N)(=O)=O)C3)c2cc1OC. The summed E-state index contributed by atoms with van der Waals surface area (Å²) in [5, 5.41) is 5.97. The summed E-state index contributed by atoms with van der Waals surface area (Å²) in [6.07, 6.45) is 2.50. The number of hydrogen-bond donors (Lipinski definition) is 2. The zero-order chi connectivity index (χ0) is 18.9. The van der Waals surface area contributed by atoms with Crippen LogP contribution in [0.15, 0.2) is 24.4 Å². The molecule has 1 aliphatic rings. The van der Waals surface area contributed by atoms with Gasteiger partial charge in [0.05, 0.1) is 19.7 Å². The molecule has 0 radical (unpaired) electrons. The van der Waals surface area contributed by atoms with Crippen molar-refractivity contribution in [1.82, 2.24) is 9.71 Å². The van der Waals surface area contributed by atoms with Crippen molar-refractivity contribution in [3.63, 3.8) is 0 Å². The number of fused-ring (bicyclic) bond motifs is 1. The molecule has 2 aromatic rings. The Morgan fingerprint density at radius 2 is 1.92 bits per heavy atom. The van der Waals surface area contributed by atoms with Crippen molar-refractivity contribution in [3.8, 4) is 11.5 Å². The van der Waals surface area contributed by atoms with Crippen LogP contribution in [0.1, 0.15) is 13.3 Å². The van der Waals surface area contributed by atoms with Crippen LogP contribution in [-0.2, 0) is 10.2 Å². The van der Waals surface area contributed by atoms with Gasteiger partial charge in [0, 0.05) is 48.4 Å². The van der Waals surface area contributed by atoms with Crippen molar-refractivity contribution in [2.45, 2.75) is 13.3 Å². The van der Waals surface area contributed by atoms with Gasteiger partial charge < -0.3 is 14.4 Å². The molecule has 1 aromatic heterocycles. The third kappa shape index (κ3) is 3.84. The molecule has 1 aliphatic heterocycles. The second kappa shape index (κ2) is 6.90. The number of methoxy groups -OCH3 is 2.